The third kappa shape index (κ3) is 5.32. The van der Waals surface area contributed by atoms with Crippen LogP contribution >= 0.6 is 11.3 Å². The van der Waals surface area contributed by atoms with Gasteiger partial charge < -0.3 is 10.2 Å². The standard InChI is InChI=1S/C29H30N4O2S/c1-20-18-21(2)26-25(19-20)36-29(31-26)33-16-14-32(15-17-33)13-12-30-28(35)24-10-8-23(9-11-24)27(34)22-6-4-3-5-7-22/h3-11,18-19H,12-17H2,1-2H3,(H,30,35). The van der Waals surface area contributed by atoms with Crippen molar-refractivity contribution in [2.45, 2.75) is 13.8 Å². The van der Waals surface area contributed by atoms with Crippen molar-refractivity contribution < 1.29 is 9.59 Å². The number of nitrogens with zero attached hydrogens (tertiary/aromatic N) is 3. The summed E-state index contributed by atoms with van der Waals surface area (Å²) in [5.74, 6) is -0.162. The van der Waals surface area contributed by atoms with E-state index < -0.39 is 0 Å². The number of carbonyl (C=O) groups is 2. The number of ketones is 1. The molecule has 7 heteroatoms. The van der Waals surface area contributed by atoms with E-state index in [1.807, 2.05) is 18.2 Å². The number of carbonyl (C=O) groups excluding carboxylic acids is 2. The van der Waals surface area contributed by atoms with Crippen molar-refractivity contribution in [1.29, 1.82) is 0 Å². The van der Waals surface area contributed by atoms with Gasteiger partial charge in [-0.2, -0.15) is 0 Å². The molecule has 0 radical (unpaired) electrons. The van der Waals surface area contributed by atoms with E-state index in [0.717, 1.165) is 43.4 Å². The number of aryl methyl sites for hydroxylation is 2. The Bertz CT molecular complexity index is 1370. The predicted octanol–water partition coefficient (Wildman–Crippen LogP) is 4.70. The summed E-state index contributed by atoms with van der Waals surface area (Å²) >= 11 is 1.77. The second-order valence-electron chi connectivity index (χ2n) is 9.28. The molecule has 184 valence electrons. The number of anilines is 1. The van der Waals surface area contributed by atoms with Gasteiger partial charge in [-0.15, -0.1) is 0 Å². The first-order valence-corrected chi connectivity index (χ1v) is 13.1. The van der Waals surface area contributed by atoms with Gasteiger partial charge >= 0.3 is 0 Å². The second kappa shape index (κ2) is 10.6. The number of benzene rings is 3. The van der Waals surface area contributed by atoms with Gasteiger partial charge in [-0.3, -0.25) is 14.5 Å². The summed E-state index contributed by atoms with van der Waals surface area (Å²) in [5, 5.41) is 4.11. The summed E-state index contributed by atoms with van der Waals surface area (Å²) in [6, 6.07) is 20.4. The van der Waals surface area contributed by atoms with Gasteiger partial charge in [0.05, 0.1) is 10.2 Å². The Kier molecular flexibility index (Phi) is 7.11. The van der Waals surface area contributed by atoms with E-state index in [2.05, 4.69) is 41.1 Å². The minimum absolute atomic E-state index is 0.0437. The van der Waals surface area contributed by atoms with E-state index in [9.17, 15) is 9.59 Å². The molecule has 0 bridgehead atoms. The highest BCUT2D eigenvalue weighted by Gasteiger charge is 2.20. The van der Waals surface area contributed by atoms with Crippen molar-refractivity contribution in [2.75, 3.05) is 44.2 Å². The van der Waals surface area contributed by atoms with Gasteiger partial charge in [-0.25, -0.2) is 4.98 Å². The topological polar surface area (TPSA) is 65.5 Å². The second-order valence-corrected chi connectivity index (χ2v) is 10.3. The van der Waals surface area contributed by atoms with E-state index in [-0.39, 0.29) is 11.7 Å². The molecule has 36 heavy (non-hydrogen) atoms. The fraction of sp³-hybridized carbons (Fsp3) is 0.276. The quantitative estimate of drug-likeness (QED) is 0.374. The maximum Gasteiger partial charge on any atom is 0.251 e. The predicted molar refractivity (Wildman–Crippen MR) is 146 cm³/mol. The van der Waals surface area contributed by atoms with Crippen LogP contribution in [0.15, 0.2) is 66.7 Å². The Labute approximate surface area is 215 Å². The number of aromatic nitrogens is 1. The molecule has 1 aliphatic rings. The van der Waals surface area contributed by atoms with Crippen LogP contribution < -0.4 is 10.2 Å². The zero-order valence-electron chi connectivity index (χ0n) is 20.7. The molecule has 1 aromatic heterocycles. The Hall–Kier alpha value is -3.55. The molecular formula is C29H30N4O2S. The molecule has 3 aromatic carbocycles. The third-order valence-electron chi connectivity index (χ3n) is 6.62. The van der Waals surface area contributed by atoms with Gasteiger partial charge in [0, 0.05) is 56.0 Å². The monoisotopic (exact) mass is 498 g/mol. The molecule has 1 N–H and O–H groups in total. The number of rotatable bonds is 7. The Morgan fingerprint density at radius 1 is 0.889 bits per heavy atom. The molecule has 2 heterocycles. The fourth-order valence-corrected chi connectivity index (χ4v) is 5.81. The highest BCUT2D eigenvalue weighted by atomic mass is 32.1. The molecule has 1 fully saturated rings. The summed E-state index contributed by atoms with van der Waals surface area (Å²) < 4.78 is 1.25. The summed E-state index contributed by atoms with van der Waals surface area (Å²) in [7, 11) is 0. The molecule has 1 saturated heterocycles. The maximum absolute atomic E-state index is 12.6. The lowest BCUT2D eigenvalue weighted by Crippen LogP contribution is -2.48. The van der Waals surface area contributed by atoms with Crippen LogP contribution in [0.1, 0.15) is 37.4 Å². The van der Waals surface area contributed by atoms with E-state index in [0.29, 0.717) is 23.2 Å². The van der Waals surface area contributed by atoms with Crippen LogP contribution in [0.5, 0.6) is 0 Å². The minimum atomic E-state index is -0.118. The van der Waals surface area contributed by atoms with Gasteiger partial charge in [0.1, 0.15) is 0 Å². The molecule has 4 aromatic rings. The van der Waals surface area contributed by atoms with Crippen molar-refractivity contribution in [3.05, 3.63) is 94.5 Å². The van der Waals surface area contributed by atoms with Crippen LogP contribution in [0.3, 0.4) is 0 Å². The van der Waals surface area contributed by atoms with Gasteiger partial charge in [0.25, 0.3) is 5.91 Å². The largest absolute Gasteiger partial charge is 0.351 e. The SMILES string of the molecule is Cc1cc(C)c2nc(N3CCN(CCNC(=O)c4ccc(C(=O)c5ccccc5)cc4)CC3)sc2c1. The number of piperazine rings is 1. The molecular weight excluding hydrogens is 468 g/mol. The molecule has 6 nitrogen and oxygen atoms in total. The number of hydrogen-bond donors (Lipinski definition) is 1. The molecule has 1 amide bonds. The number of thiazole rings is 1. The van der Waals surface area contributed by atoms with Crippen molar-refractivity contribution in [3.8, 4) is 0 Å². The average Bonchev–Trinajstić information content (AvgIpc) is 3.34. The van der Waals surface area contributed by atoms with Crippen LogP contribution in [0.2, 0.25) is 0 Å². The van der Waals surface area contributed by atoms with Gasteiger partial charge in [0.2, 0.25) is 0 Å². The summed E-state index contributed by atoms with van der Waals surface area (Å²) in [5.41, 5.74) is 5.41. The Balaban J connectivity index is 1.09. The highest BCUT2D eigenvalue weighted by Crippen LogP contribution is 2.32. The van der Waals surface area contributed by atoms with E-state index in [1.54, 1.807) is 47.7 Å². The maximum atomic E-state index is 12.6. The van der Waals surface area contributed by atoms with E-state index >= 15 is 0 Å². The molecule has 1 aliphatic heterocycles. The number of amides is 1. The smallest absolute Gasteiger partial charge is 0.251 e. The zero-order valence-corrected chi connectivity index (χ0v) is 21.5. The van der Waals surface area contributed by atoms with E-state index in [4.69, 9.17) is 4.98 Å². The van der Waals surface area contributed by atoms with Crippen LogP contribution in [-0.4, -0.2) is 60.8 Å². The lowest BCUT2D eigenvalue weighted by Gasteiger charge is -2.34. The normalized spacial score (nSPS) is 14.2. The van der Waals surface area contributed by atoms with Gasteiger partial charge in [-0.05, 0) is 43.2 Å². The Morgan fingerprint density at radius 3 is 2.28 bits per heavy atom. The van der Waals surface area contributed by atoms with Crippen molar-refractivity contribution in [3.63, 3.8) is 0 Å². The number of fused-ring (bicyclic) bond motifs is 1. The molecule has 0 unspecified atom stereocenters. The van der Waals surface area contributed by atoms with Gasteiger partial charge in [0.15, 0.2) is 10.9 Å². The van der Waals surface area contributed by atoms with Crippen LogP contribution in [-0.2, 0) is 0 Å². The average molecular weight is 499 g/mol. The molecule has 0 spiro atoms. The van der Waals surface area contributed by atoms with Crippen LogP contribution in [0.25, 0.3) is 10.2 Å². The molecule has 0 aliphatic carbocycles. The minimum Gasteiger partial charge on any atom is -0.351 e. The number of hydrogen-bond acceptors (Lipinski definition) is 6. The Morgan fingerprint density at radius 2 is 1.56 bits per heavy atom. The first-order valence-electron chi connectivity index (χ1n) is 12.3. The summed E-state index contributed by atoms with van der Waals surface area (Å²) in [6.45, 7) is 9.41. The summed E-state index contributed by atoms with van der Waals surface area (Å²) in [4.78, 5) is 34.8. The highest BCUT2D eigenvalue weighted by molar-refractivity contribution is 7.22. The first-order chi connectivity index (χ1) is 17.5. The van der Waals surface area contributed by atoms with Crippen LogP contribution in [0.4, 0.5) is 5.13 Å². The number of nitrogens with one attached hydrogen (secondary N) is 1. The van der Waals surface area contributed by atoms with Gasteiger partial charge in [-0.1, -0.05) is 59.9 Å². The zero-order chi connectivity index (χ0) is 25.1. The van der Waals surface area contributed by atoms with Crippen molar-refractivity contribution in [2.24, 2.45) is 0 Å². The van der Waals surface area contributed by atoms with Crippen LogP contribution in [0, 0.1) is 13.8 Å². The fourth-order valence-electron chi connectivity index (χ4n) is 4.62. The third-order valence-corrected chi connectivity index (χ3v) is 7.68. The molecule has 0 saturated carbocycles. The van der Waals surface area contributed by atoms with Crippen molar-refractivity contribution in [1.82, 2.24) is 15.2 Å². The molecule has 0 atom stereocenters. The summed E-state index contributed by atoms with van der Waals surface area (Å²) in [6.07, 6.45) is 0. The molecule has 5 rings (SSSR count). The van der Waals surface area contributed by atoms with E-state index in [1.165, 1.54) is 15.8 Å². The lowest BCUT2D eigenvalue weighted by atomic mass is 10.0. The van der Waals surface area contributed by atoms with Crippen molar-refractivity contribution >= 4 is 38.4 Å². The lowest BCUT2D eigenvalue weighted by molar-refractivity contribution is 0.0946. The first kappa shape index (κ1) is 24.2.